The zero-order valence-corrected chi connectivity index (χ0v) is 15.6. The monoisotopic (exact) mass is 382 g/mol. The van der Waals surface area contributed by atoms with Crippen LogP contribution in [0.25, 0.3) is 0 Å². The number of nitrogens with zero attached hydrogens (tertiary/aromatic N) is 3. The number of amides is 3. The lowest BCUT2D eigenvalue weighted by Crippen LogP contribution is -2.53. The van der Waals surface area contributed by atoms with Gasteiger partial charge in [-0.1, -0.05) is 18.2 Å². The van der Waals surface area contributed by atoms with Gasteiger partial charge in [-0.25, -0.2) is 9.18 Å². The normalized spacial score (nSPS) is 19.8. The lowest BCUT2D eigenvalue weighted by molar-refractivity contribution is -0.117. The Labute approximate surface area is 163 Å². The van der Waals surface area contributed by atoms with Crippen molar-refractivity contribution in [3.05, 3.63) is 60.4 Å². The van der Waals surface area contributed by atoms with E-state index < -0.39 is 0 Å². The van der Waals surface area contributed by atoms with Gasteiger partial charge in [-0.2, -0.15) is 0 Å². The van der Waals surface area contributed by atoms with Crippen molar-refractivity contribution in [2.75, 3.05) is 42.5 Å². The number of hydrogen-bond acceptors (Lipinski definition) is 3. The number of halogens is 1. The van der Waals surface area contributed by atoms with Gasteiger partial charge in [0.2, 0.25) is 5.91 Å². The molecule has 2 saturated heterocycles. The molecule has 0 radical (unpaired) electrons. The van der Waals surface area contributed by atoms with Crippen molar-refractivity contribution in [2.45, 2.75) is 12.5 Å². The van der Waals surface area contributed by atoms with Crippen LogP contribution in [0.3, 0.4) is 0 Å². The Morgan fingerprint density at radius 3 is 2.29 bits per heavy atom. The van der Waals surface area contributed by atoms with E-state index >= 15 is 0 Å². The molecule has 0 aliphatic carbocycles. The number of nitrogens with one attached hydrogen (secondary N) is 1. The van der Waals surface area contributed by atoms with Crippen LogP contribution in [-0.4, -0.2) is 55.6 Å². The highest BCUT2D eigenvalue weighted by Crippen LogP contribution is 2.21. The molecule has 4 rings (SSSR count). The highest BCUT2D eigenvalue weighted by atomic mass is 19.1. The molecular formula is C21H23FN4O2. The molecule has 0 aromatic heterocycles. The second-order valence-electron chi connectivity index (χ2n) is 7.14. The fourth-order valence-corrected chi connectivity index (χ4v) is 3.75. The number of anilines is 2. The fraction of sp³-hybridized carbons (Fsp3) is 0.333. The summed E-state index contributed by atoms with van der Waals surface area (Å²) in [6.45, 7) is 3.06. The molecule has 0 bridgehead atoms. The number of piperazine rings is 1. The first kappa shape index (κ1) is 18.3. The number of para-hydroxylation sites is 1. The topological polar surface area (TPSA) is 55.9 Å². The molecule has 0 saturated carbocycles. The predicted octanol–water partition coefficient (Wildman–Crippen LogP) is 2.46. The molecule has 146 valence electrons. The first-order valence-electron chi connectivity index (χ1n) is 9.51. The average molecular weight is 382 g/mol. The summed E-state index contributed by atoms with van der Waals surface area (Å²) in [5.74, 6) is -0.227. The van der Waals surface area contributed by atoms with Crippen molar-refractivity contribution in [3.8, 4) is 0 Å². The second-order valence-corrected chi connectivity index (χ2v) is 7.14. The summed E-state index contributed by atoms with van der Waals surface area (Å²) in [6, 6.07) is 15.6. The third-order valence-corrected chi connectivity index (χ3v) is 5.28. The Bertz CT molecular complexity index is 835. The lowest BCUT2D eigenvalue weighted by atomic mass is 10.2. The summed E-state index contributed by atoms with van der Waals surface area (Å²) in [6.07, 6.45) is 0.316. The molecule has 2 aliphatic rings. The fourth-order valence-electron chi connectivity index (χ4n) is 3.75. The molecule has 0 spiro atoms. The molecule has 28 heavy (non-hydrogen) atoms. The zero-order valence-electron chi connectivity index (χ0n) is 15.6. The SMILES string of the molecule is O=C(N[C@@H]1CC(=O)N(c2ccccc2)C1)N1CCN(c2ccc(F)cc2)CC1. The lowest BCUT2D eigenvalue weighted by Gasteiger charge is -2.36. The maximum absolute atomic E-state index is 13.1. The summed E-state index contributed by atoms with van der Waals surface area (Å²) in [4.78, 5) is 30.5. The third-order valence-electron chi connectivity index (χ3n) is 5.28. The number of hydrogen-bond donors (Lipinski definition) is 1. The highest BCUT2D eigenvalue weighted by Gasteiger charge is 2.33. The molecule has 3 amide bonds. The summed E-state index contributed by atoms with van der Waals surface area (Å²) in [5.41, 5.74) is 1.82. The average Bonchev–Trinajstić information content (AvgIpc) is 3.09. The van der Waals surface area contributed by atoms with Crippen LogP contribution in [0.15, 0.2) is 54.6 Å². The Hall–Kier alpha value is -3.09. The van der Waals surface area contributed by atoms with Crippen molar-refractivity contribution in [2.24, 2.45) is 0 Å². The van der Waals surface area contributed by atoms with E-state index in [2.05, 4.69) is 10.2 Å². The molecule has 1 N–H and O–H groups in total. The van der Waals surface area contributed by atoms with Gasteiger partial charge in [-0.3, -0.25) is 4.79 Å². The van der Waals surface area contributed by atoms with E-state index in [0.29, 0.717) is 39.1 Å². The molecule has 2 aromatic carbocycles. The van der Waals surface area contributed by atoms with Gasteiger partial charge in [0.25, 0.3) is 0 Å². The Kier molecular flexibility index (Phi) is 5.14. The molecule has 7 heteroatoms. The van der Waals surface area contributed by atoms with E-state index in [4.69, 9.17) is 0 Å². The Morgan fingerprint density at radius 1 is 0.929 bits per heavy atom. The van der Waals surface area contributed by atoms with Gasteiger partial charge in [0.1, 0.15) is 5.82 Å². The molecule has 6 nitrogen and oxygen atoms in total. The largest absolute Gasteiger partial charge is 0.368 e. The van der Waals surface area contributed by atoms with Crippen LogP contribution in [0.4, 0.5) is 20.6 Å². The predicted molar refractivity (Wildman–Crippen MR) is 106 cm³/mol. The van der Waals surface area contributed by atoms with Gasteiger partial charge in [0.15, 0.2) is 0 Å². The van der Waals surface area contributed by atoms with Crippen molar-refractivity contribution in [1.29, 1.82) is 0 Å². The zero-order chi connectivity index (χ0) is 19.5. The first-order valence-corrected chi connectivity index (χ1v) is 9.51. The van der Waals surface area contributed by atoms with Crippen molar-refractivity contribution in [1.82, 2.24) is 10.2 Å². The molecule has 1 atom stereocenters. The van der Waals surface area contributed by atoms with Gasteiger partial charge in [-0.15, -0.1) is 0 Å². The van der Waals surface area contributed by atoms with Crippen LogP contribution >= 0.6 is 0 Å². The van der Waals surface area contributed by atoms with E-state index in [1.807, 2.05) is 30.3 Å². The van der Waals surface area contributed by atoms with Gasteiger partial charge in [-0.05, 0) is 36.4 Å². The van der Waals surface area contributed by atoms with Gasteiger partial charge < -0.3 is 20.0 Å². The molecule has 2 heterocycles. The first-order chi connectivity index (χ1) is 13.6. The molecular weight excluding hydrogens is 359 g/mol. The molecule has 2 aliphatic heterocycles. The standard InChI is InChI=1S/C21H23FN4O2/c22-16-6-8-18(9-7-16)24-10-12-25(13-11-24)21(28)23-17-14-20(27)26(15-17)19-4-2-1-3-5-19/h1-9,17H,10-15H2,(H,23,28)/t17-/m1/s1. The van der Waals surface area contributed by atoms with E-state index in [1.54, 1.807) is 21.9 Å². The van der Waals surface area contributed by atoms with Crippen LogP contribution in [0.5, 0.6) is 0 Å². The molecule has 2 aromatic rings. The van der Waals surface area contributed by atoms with Crippen molar-refractivity contribution in [3.63, 3.8) is 0 Å². The summed E-state index contributed by atoms with van der Waals surface area (Å²) >= 11 is 0. The maximum atomic E-state index is 13.1. The molecule has 0 unspecified atom stereocenters. The van der Waals surface area contributed by atoms with Crippen LogP contribution in [-0.2, 0) is 4.79 Å². The maximum Gasteiger partial charge on any atom is 0.317 e. The summed E-state index contributed by atoms with van der Waals surface area (Å²) in [5, 5.41) is 3.00. The highest BCUT2D eigenvalue weighted by molar-refractivity contribution is 5.96. The van der Waals surface area contributed by atoms with E-state index in [9.17, 15) is 14.0 Å². The van der Waals surface area contributed by atoms with Crippen LogP contribution in [0.1, 0.15) is 6.42 Å². The van der Waals surface area contributed by atoms with Crippen LogP contribution in [0, 0.1) is 5.82 Å². The van der Waals surface area contributed by atoms with Crippen molar-refractivity contribution >= 4 is 23.3 Å². The summed E-state index contributed by atoms with van der Waals surface area (Å²) < 4.78 is 13.1. The minimum Gasteiger partial charge on any atom is -0.368 e. The number of urea groups is 1. The van der Waals surface area contributed by atoms with Gasteiger partial charge in [0, 0.05) is 50.5 Å². The van der Waals surface area contributed by atoms with Gasteiger partial charge >= 0.3 is 6.03 Å². The number of rotatable bonds is 3. The third kappa shape index (κ3) is 3.93. The Morgan fingerprint density at radius 2 is 1.61 bits per heavy atom. The number of carbonyl (C=O) groups is 2. The Balaban J connectivity index is 1.29. The minimum absolute atomic E-state index is 0.0256. The molecule has 2 fully saturated rings. The number of carbonyl (C=O) groups excluding carboxylic acids is 2. The quantitative estimate of drug-likeness (QED) is 0.887. The second kappa shape index (κ2) is 7.88. The van der Waals surface area contributed by atoms with Crippen LogP contribution < -0.4 is 15.1 Å². The van der Waals surface area contributed by atoms with E-state index in [1.165, 1.54) is 12.1 Å². The summed E-state index contributed by atoms with van der Waals surface area (Å²) in [7, 11) is 0. The van der Waals surface area contributed by atoms with E-state index in [-0.39, 0.29) is 23.8 Å². The minimum atomic E-state index is -0.252. The van der Waals surface area contributed by atoms with E-state index in [0.717, 1.165) is 11.4 Å². The van der Waals surface area contributed by atoms with Crippen molar-refractivity contribution < 1.29 is 14.0 Å². The smallest absolute Gasteiger partial charge is 0.317 e. The van der Waals surface area contributed by atoms with Gasteiger partial charge in [0.05, 0.1) is 6.04 Å². The van der Waals surface area contributed by atoms with Crippen LogP contribution in [0.2, 0.25) is 0 Å². The number of benzene rings is 2.